The first-order valence-corrected chi connectivity index (χ1v) is 10.2. The number of carbonyl (C=O) groups excluding carboxylic acids is 1. The van der Waals surface area contributed by atoms with Gasteiger partial charge in [0.25, 0.3) is 0 Å². The normalized spacial score (nSPS) is 17.7. The average molecular weight is 442 g/mol. The fourth-order valence-corrected chi connectivity index (χ4v) is 3.47. The number of hydrogen-bond acceptors (Lipinski definition) is 5. The smallest absolute Gasteiger partial charge is 0.410 e. The van der Waals surface area contributed by atoms with Gasteiger partial charge >= 0.3 is 12.6 Å². The molecule has 0 aromatic carbocycles. The van der Waals surface area contributed by atoms with Crippen molar-refractivity contribution in [1.29, 1.82) is 0 Å². The lowest BCUT2D eigenvalue weighted by Gasteiger charge is -2.26. The number of hydrogen-bond donors (Lipinski definition) is 1. The first-order chi connectivity index (χ1) is 14.1. The number of amides is 1. The highest BCUT2D eigenvalue weighted by atomic mass is 35.5. The van der Waals surface area contributed by atoms with E-state index in [1.165, 1.54) is 18.5 Å². The van der Waals surface area contributed by atoms with E-state index in [4.69, 9.17) is 16.3 Å². The van der Waals surface area contributed by atoms with Crippen LogP contribution in [0.4, 0.5) is 19.3 Å². The van der Waals surface area contributed by atoms with Gasteiger partial charge in [0.2, 0.25) is 0 Å². The Hall–Kier alpha value is -2.42. The molecule has 0 saturated carbocycles. The van der Waals surface area contributed by atoms with Crippen molar-refractivity contribution < 1.29 is 18.3 Å². The van der Waals surface area contributed by atoms with Crippen LogP contribution in [0.1, 0.15) is 46.6 Å². The predicted octanol–water partition coefficient (Wildman–Crippen LogP) is 5.20. The van der Waals surface area contributed by atoms with Crippen molar-refractivity contribution >= 4 is 23.4 Å². The number of rotatable bonds is 4. The number of nitrogens with zero attached hydrogens (tertiary/aromatic N) is 4. The minimum atomic E-state index is -2.71. The van der Waals surface area contributed by atoms with Crippen LogP contribution < -0.4 is 5.32 Å². The summed E-state index contributed by atoms with van der Waals surface area (Å²) in [5.41, 5.74) is 1.11. The van der Waals surface area contributed by atoms with Crippen molar-refractivity contribution in [3.05, 3.63) is 29.7 Å². The molecule has 3 heterocycles. The quantitative estimate of drug-likeness (QED) is 0.660. The summed E-state index contributed by atoms with van der Waals surface area (Å²) in [6.45, 7) is 4.00. The summed E-state index contributed by atoms with van der Waals surface area (Å²) < 4.78 is 31.8. The molecule has 30 heavy (non-hydrogen) atoms. The molecule has 1 saturated heterocycles. The summed E-state index contributed by atoms with van der Waals surface area (Å²) in [4.78, 5) is 18.1. The number of nitrogens with one attached hydrogen (secondary N) is 1. The molecule has 3 rings (SSSR count). The number of anilines is 1. The lowest BCUT2D eigenvalue weighted by molar-refractivity contribution is 0.0256. The maximum atomic E-state index is 12.9. The maximum Gasteiger partial charge on any atom is 0.410 e. The van der Waals surface area contributed by atoms with E-state index in [2.05, 4.69) is 15.4 Å². The van der Waals surface area contributed by atoms with E-state index in [1.807, 2.05) is 20.8 Å². The van der Waals surface area contributed by atoms with Crippen LogP contribution in [0.5, 0.6) is 0 Å². The zero-order valence-corrected chi connectivity index (χ0v) is 18.0. The van der Waals surface area contributed by atoms with E-state index < -0.39 is 12.2 Å². The van der Waals surface area contributed by atoms with E-state index in [-0.39, 0.29) is 12.1 Å². The van der Waals surface area contributed by atoms with Crippen LogP contribution in [0, 0.1) is 0 Å². The third kappa shape index (κ3) is 5.81. The lowest BCUT2D eigenvalue weighted by Crippen LogP contribution is -2.37. The summed E-state index contributed by atoms with van der Waals surface area (Å²) in [5, 5.41) is 7.65. The minimum absolute atomic E-state index is 0.0758. The summed E-state index contributed by atoms with van der Waals surface area (Å²) in [6, 6.07) is 3.25. The number of ether oxygens (including phenoxy) is 1. The number of alkyl halides is 2. The Bertz CT molecular complexity index is 884. The molecule has 0 aliphatic carbocycles. The molecular weight excluding hydrogens is 416 g/mol. The van der Waals surface area contributed by atoms with Gasteiger partial charge in [-0.2, -0.15) is 13.9 Å². The first-order valence-electron chi connectivity index (χ1n) is 9.86. The molecule has 164 valence electrons. The van der Waals surface area contributed by atoms with Gasteiger partial charge in [0.05, 0.1) is 5.69 Å². The predicted molar refractivity (Wildman–Crippen MR) is 111 cm³/mol. The summed E-state index contributed by atoms with van der Waals surface area (Å²) >= 11 is 6.07. The van der Waals surface area contributed by atoms with Gasteiger partial charge in [0, 0.05) is 42.8 Å². The maximum absolute atomic E-state index is 12.9. The Kier molecular flexibility index (Phi) is 6.80. The molecule has 2 aromatic rings. The lowest BCUT2D eigenvalue weighted by atomic mass is 10.1. The topological polar surface area (TPSA) is 72.3 Å². The number of likely N-dealkylation sites (tertiary alicyclic amines) is 1. The van der Waals surface area contributed by atoms with Crippen molar-refractivity contribution in [3.63, 3.8) is 0 Å². The number of aromatic nitrogens is 3. The molecule has 0 spiro atoms. The summed E-state index contributed by atoms with van der Waals surface area (Å²) in [6.07, 6.45) is 4.79. The van der Waals surface area contributed by atoms with E-state index in [1.54, 1.807) is 11.0 Å². The molecule has 10 heteroatoms. The number of halogens is 3. The fourth-order valence-electron chi connectivity index (χ4n) is 3.31. The van der Waals surface area contributed by atoms with Crippen LogP contribution >= 0.6 is 11.6 Å². The van der Waals surface area contributed by atoms with Crippen LogP contribution in [0.2, 0.25) is 5.15 Å². The monoisotopic (exact) mass is 441 g/mol. The van der Waals surface area contributed by atoms with Gasteiger partial charge in [-0.25, -0.2) is 14.5 Å². The van der Waals surface area contributed by atoms with Gasteiger partial charge in [-0.1, -0.05) is 11.6 Å². The highest BCUT2D eigenvalue weighted by molar-refractivity contribution is 6.29. The van der Waals surface area contributed by atoms with Crippen LogP contribution in [0.3, 0.4) is 0 Å². The van der Waals surface area contributed by atoms with Gasteiger partial charge in [0.15, 0.2) is 0 Å². The molecule has 0 bridgehead atoms. The van der Waals surface area contributed by atoms with E-state index in [0.29, 0.717) is 46.3 Å². The Morgan fingerprint density at radius 1 is 1.33 bits per heavy atom. The van der Waals surface area contributed by atoms with Crippen LogP contribution in [0.25, 0.3) is 11.3 Å². The van der Waals surface area contributed by atoms with Crippen molar-refractivity contribution in [2.24, 2.45) is 0 Å². The van der Waals surface area contributed by atoms with Crippen LogP contribution in [-0.4, -0.2) is 50.5 Å². The molecule has 0 radical (unpaired) electrons. The highest BCUT2D eigenvalue weighted by Crippen LogP contribution is 2.30. The van der Waals surface area contributed by atoms with E-state index in [0.717, 1.165) is 12.8 Å². The third-order valence-corrected chi connectivity index (χ3v) is 4.90. The molecular formula is C20H26ClF2N5O2. The van der Waals surface area contributed by atoms with Crippen molar-refractivity contribution in [2.45, 2.75) is 58.2 Å². The molecule has 1 aliphatic rings. The summed E-state index contributed by atoms with van der Waals surface area (Å²) in [7, 11) is 0. The second-order valence-electron chi connectivity index (χ2n) is 8.25. The Labute approximate surface area is 179 Å². The Balaban J connectivity index is 1.72. The fraction of sp³-hybridized carbons (Fsp3) is 0.550. The van der Waals surface area contributed by atoms with Gasteiger partial charge < -0.3 is 15.0 Å². The molecule has 1 N–H and O–H groups in total. The zero-order valence-electron chi connectivity index (χ0n) is 17.2. The van der Waals surface area contributed by atoms with Gasteiger partial charge in [-0.3, -0.25) is 0 Å². The molecule has 1 amide bonds. The minimum Gasteiger partial charge on any atom is -0.444 e. The molecule has 1 fully saturated rings. The van der Waals surface area contributed by atoms with E-state index in [9.17, 15) is 13.6 Å². The van der Waals surface area contributed by atoms with Crippen molar-refractivity contribution in [3.8, 4) is 11.3 Å². The highest BCUT2D eigenvalue weighted by Gasteiger charge is 2.25. The molecule has 7 nitrogen and oxygen atoms in total. The Morgan fingerprint density at radius 2 is 2.10 bits per heavy atom. The van der Waals surface area contributed by atoms with Crippen molar-refractivity contribution in [1.82, 2.24) is 19.7 Å². The third-order valence-electron chi connectivity index (χ3n) is 4.69. The van der Waals surface area contributed by atoms with E-state index >= 15 is 0 Å². The average Bonchev–Trinajstić information content (AvgIpc) is 3.01. The van der Waals surface area contributed by atoms with Crippen molar-refractivity contribution in [2.75, 3.05) is 18.4 Å². The number of carbonyl (C=O) groups is 1. The second kappa shape index (κ2) is 9.16. The van der Waals surface area contributed by atoms with Gasteiger partial charge in [-0.05, 0) is 52.2 Å². The Morgan fingerprint density at radius 3 is 2.77 bits per heavy atom. The first kappa shape index (κ1) is 22.3. The zero-order chi connectivity index (χ0) is 21.9. The standard InChI is InChI=1S/C20H26ClF2N5O2/c1-20(2,3)30-19(29)27-8-4-5-13(6-9-27)25-16-11-17(21)24-12-14(16)15-7-10-28(26-15)18(22)23/h7,10-13,18H,4-6,8-9H2,1-3H3,(H,24,25)/t13-/m0/s1. The molecule has 1 atom stereocenters. The van der Waals surface area contributed by atoms with Crippen LogP contribution in [0.15, 0.2) is 24.5 Å². The molecule has 0 unspecified atom stereocenters. The van der Waals surface area contributed by atoms with Gasteiger partial charge in [0.1, 0.15) is 10.8 Å². The largest absolute Gasteiger partial charge is 0.444 e. The van der Waals surface area contributed by atoms with Gasteiger partial charge in [-0.15, -0.1) is 0 Å². The second-order valence-corrected chi connectivity index (χ2v) is 8.64. The SMILES string of the molecule is CC(C)(C)OC(=O)N1CCC[C@H](Nc2cc(Cl)ncc2-c2ccn(C(F)F)n2)CC1. The molecule has 2 aromatic heterocycles. The number of pyridine rings is 1. The summed E-state index contributed by atoms with van der Waals surface area (Å²) in [5.74, 6) is 0. The van der Waals surface area contributed by atoms with Crippen LogP contribution in [-0.2, 0) is 4.74 Å². The molecule has 1 aliphatic heterocycles.